The zero-order valence-electron chi connectivity index (χ0n) is 5.97. The van der Waals surface area contributed by atoms with Crippen LogP contribution in [0.25, 0.3) is 0 Å². The summed E-state index contributed by atoms with van der Waals surface area (Å²) in [7, 11) is 1.42. The van der Waals surface area contributed by atoms with Gasteiger partial charge in [-0.05, 0) is 24.4 Å². The topological polar surface area (TPSA) is 51.2 Å². The van der Waals surface area contributed by atoms with Gasteiger partial charge in [-0.3, -0.25) is 4.79 Å². The lowest BCUT2D eigenvalue weighted by Gasteiger charge is -2.01. The van der Waals surface area contributed by atoms with E-state index in [1.54, 1.807) is 0 Å². The molecule has 1 atom stereocenters. The second-order valence-electron chi connectivity index (χ2n) is 2.16. The van der Waals surface area contributed by atoms with Crippen LogP contribution >= 0.6 is 33.9 Å². The Bertz CT molecular complexity index is 249. The lowest BCUT2D eigenvalue weighted by molar-refractivity contribution is -0.111. The lowest BCUT2D eigenvalue weighted by atomic mass is 10.3. The summed E-state index contributed by atoms with van der Waals surface area (Å²) in [6.45, 7) is 0. The molecule has 0 aromatic heterocycles. The molecule has 0 N–H and O–H groups in total. The summed E-state index contributed by atoms with van der Waals surface area (Å²) in [5.41, 5.74) is 0. The van der Waals surface area contributed by atoms with Gasteiger partial charge in [0.1, 0.15) is 5.38 Å². The number of carbonyl (C=O) groups excluding carboxylic acids is 1. The second kappa shape index (κ2) is 5.27. The van der Waals surface area contributed by atoms with Crippen LogP contribution < -0.4 is 0 Å². The summed E-state index contributed by atoms with van der Waals surface area (Å²) in [6, 6.07) is 0. The molecule has 3 nitrogen and oxygen atoms in total. The van der Waals surface area contributed by atoms with E-state index in [1.807, 2.05) is 0 Å². The minimum atomic E-state index is -3.49. The van der Waals surface area contributed by atoms with E-state index in [2.05, 4.69) is 0 Å². The lowest BCUT2D eigenvalue weighted by Crippen LogP contribution is -2.09. The Morgan fingerprint density at radius 1 is 1.42 bits per heavy atom. The maximum Gasteiger partial charge on any atom is 0.239 e. The summed E-state index contributed by atoms with van der Waals surface area (Å²) >= 11 is 10.5. The van der Waals surface area contributed by atoms with E-state index in [4.69, 9.17) is 33.9 Å². The van der Waals surface area contributed by atoms with E-state index in [0.29, 0.717) is 0 Å². The third-order valence-electron chi connectivity index (χ3n) is 1.09. The van der Waals surface area contributed by atoms with Crippen molar-refractivity contribution in [1.29, 1.82) is 0 Å². The molecule has 0 fully saturated rings. The Morgan fingerprint density at radius 3 is 2.25 bits per heavy atom. The third kappa shape index (κ3) is 7.16. The molecular weight excluding hydrogens is 246 g/mol. The van der Waals surface area contributed by atoms with Crippen molar-refractivity contribution in [2.45, 2.75) is 18.2 Å². The highest BCUT2D eigenvalue weighted by atomic mass is 35.7. The Hall–Kier alpha value is 0.490. The summed E-state index contributed by atoms with van der Waals surface area (Å²) in [6.07, 6.45) is 0.453. The molecule has 0 saturated heterocycles. The van der Waals surface area contributed by atoms with Crippen molar-refractivity contribution < 1.29 is 13.2 Å². The predicted octanol–water partition coefficient (Wildman–Crippen LogP) is 1.71. The fourth-order valence-electron chi connectivity index (χ4n) is 0.548. The molecule has 0 bridgehead atoms. The van der Waals surface area contributed by atoms with Gasteiger partial charge in [0.05, 0.1) is 5.75 Å². The van der Waals surface area contributed by atoms with E-state index in [-0.39, 0.29) is 18.6 Å². The molecule has 0 radical (unpaired) electrons. The predicted molar refractivity (Wildman–Crippen MR) is 49.4 cm³/mol. The van der Waals surface area contributed by atoms with Crippen molar-refractivity contribution >= 4 is 48.2 Å². The average molecular weight is 254 g/mol. The molecule has 12 heavy (non-hydrogen) atoms. The summed E-state index contributed by atoms with van der Waals surface area (Å²) < 4.78 is 20.8. The standard InChI is InChI=1S/C5H7Cl3O3S/c6-4(5(7)9)2-1-3-12(8,10)11/h4H,1-3H2. The fourth-order valence-corrected chi connectivity index (χ4v) is 1.65. The second-order valence-corrected chi connectivity index (χ2v) is 5.95. The minimum absolute atomic E-state index is 0.193. The largest absolute Gasteiger partial charge is 0.280 e. The van der Waals surface area contributed by atoms with Gasteiger partial charge >= 0.3 is 0 Å². The van der Waals surface area contributed by atoms with Gasteiger partial charge in [0.2, 0.25) is 14.3 Å². The van der Waals surface area contributed by atoms with Crippen LogP contribution in [0, 0.1) is 0 Å². The van der Waals surface area contributed by atoms with Crippen LogP contribution in [0.1, 0.15) is 12.8 Å². The molecule has 0 spiro atoms. The van der Waals surface area contributed by atoms with Gasteiger partial charge in [-0.25, -0.2) is 8.42 Å². The van der Waals surface area contributed by atoms with Gasteiger partial charge in [-0.2, -0.15) is 0 Å². The molecule has 0 aliphatic rings. The van der Waals surface area contributed by atoms with Crippen molar-refractivity contribution in [3.05, 3.63) is 0 Å². The van der Waals surface area contributed by atoms with Gasteiger partial charge in [0.15, 0.2) is 0 Å². The molecule has 0 saturated carbocycles. The van der Waals surface area contributed by atoms with Gasteiger partial charge < -0.3 is 0 Å². The first-order chi connectivity index (χ1) is 5.33. The zero-order chi connectivity index (χ0) is 9.78. The van der Waals surface area contributed by atoms with Gasteiger partial charge in [0, 0.05) is 10.7 Å². The molecule has 1 unspecified atom stereocenters. The van der Waals surface area contributed by atoms with E-state index < -0.39 is 19.7 Å². The highest BCUT2D eigenvalue weighted by molar-refractivity contribution is 8.13. The number of hydrogen-bond acceptors (Lipinski definition) is 3. The fraction of sp³-hybridized carbons (Fsp3) is 0.800. The van der Waals surface area contributed by atoms with Crippen LogP contribution in [-0.4, -0.2) is 24.8 Å². The molecular formula is C5H7Cl3O3S. The van der Waals surface area contributed by atoms with Crippen LogP contribution in [0.3, 0.4) is 0 Å². The van der Waals surface area contributed by atoms with Crippen molar-refractivity contribution in [2.75, 3.05) is 5.75 Å². The average Bonchev–Trinajstić information content (AvgIpc) is 1.84. The Balaban J connectivity index is 3.65. The zero-order valence-corrected chi connectivity index (χ0v) is 9.05. The maximum atomic E-state index is 10.4. The van der Waals surface area contributed by atoms with Crippen molar-refractivity contribution in [3.8, 4) is 0 Å². The van der Waals surface area contributed by atoms with Crippen molar-refractivity contribution in [2.24, 2.45) is 0 Å². The molecule has 0 aliphatic heterocycles. The summed E-state index contributed by atoms with van der Waals surface area (Å²) in [5, 5.41) is -1.51. The molecule has 0 aromatic rings. The molecule has 72 valence electrons. The van der Waals surface area contributed by atoms with Crippen LogP contribution in [-0.2, 0) is 13.8 Å². The molecule has 7 heteroatoms. The summed E-state index contributed by atoms with van der Waals surface area (Å²) in [4.78, 5) is 10.4. The highest BCUT2D eigenvalue weighted by Crippen LogP contribution is 2.11. The van der Waals surface area contributed by atoms with E-state index in [9.17, 15) is 13.2 Å². The number of halogens is 3. The van der Waals surface area contributed by atoms with Crippen molar-refractivity contribution in [3.63, 3.8) is 0 Å². The normalized spacial score (nSPS) is 14.2. The van der Waals surface area contributed by atoms with Crippen LogP contribution in [0.15, 0.2) is 0 Å². The number of alkyl halides is 1. The monoisotopic (exact) mass is 252 g/mol. The third-order valence-corrected chi connectivity index (χ3v) is 3.12. The summed E-state index contributed by atoms with van der Waals surface area (Å²) in [5.74, 6) is -0.193. The molecule has 0 aliphatic carbocycles. The minimum Gasteiger partial charge on any atom is -0.280 e. The van der Waals surface area contributed by atoms with E-state index in [1.165, 1.54) is 0 Å². The highest BCUT2D eigenvalue weighted by Gasteiger charge is 2.13. The first kappa shape index (κ1) is 12.5. The van der Waals surface area contributed by atoms with Gasteiger partial charge in [-0.1, -0.05) is 0 Å². The van der Waals surface area contributed by atoms with Crippen LogP contribution in [0.4, 0.5) is 0 Å². The first-order valence-corrected chi connectivity index (χ1v) is 6.38. The molecule has 0 aromatic carbocycles. The quantitative estimate of drug-likeness (QED) is 0.554. The SMILES string of the molecule is O=C(Cl)C(Cl)CCCS(=O)(=O)Cl. The van der Waals surface area contributed by atoms with E-state index >= 15 is 0 Å². The number of carbonyl (C=O) groups is 1. The van der Waals surface area contributed by atoms with Gasteiger partial charge in [0.25, 0.3) is 0 Å². The van der Waals surface area contributed by atoms with Crippen LogP contribution in [0.2, 0.25) is 0 Å². The molecule has 0 rings (SSSR count). The number of hydrogen-bond donors (Lipinski definition) is 0. The Kier molecular flexibility index (Phi) is 5.48. The van der Waals surface area contributed by atoms with Gasteiger partial charge in [-0.15, -0.1) is 11.6 Å². The van der Waals surface area contributed by atoms with Crippen LogP contribution in [0.5, 0.6) is 0 Å². The smallest absolute Gasteiger partial charge is 0.239 e. The first-order valence-electron chi connectivity index (χ1n) is 3.08. The molecule has 0 amide bonds. The molecule has 0 heterocycles. The maximum absolute atomic E-state index is 10.4. The Labute approximate surface area is 85.4 Å². The Morgan fingerprint density at radius 2 is 1.92 bits per heavy atom. The van der Waals surface area contributed by atoms with Crippen molar-refractivity contribution in [1.82, 2.24) is 0 Å². The number of rotatable bonds is 5. The van der Waals surface area contributed by atoms with E-state index in [0.717, 1.165) is 0 Å².